The number of Topliss-reactive ketones (excluding diaryl/α,β-unsaturated/α-hetero) is 1. The summed E-state index contributed by atoms with van der Waals surface area (Å²) in [5.41, 5.74) is -0.553. The van der Waals surface area contributed by atoms with Gasteiger partial charge < -0.3 is 19.5 Å². The summed E-state index contributed by atoms with van der Waals surface area (Å²) in [6, 6.07) is 4.77. The molecule has 1 aromatic carbocycles. The van der Waals surface area contributed by atoms with Crippen molar-refractivity contribution in [2.24, 2.45) is 0 Å². The average molecular weight is 441 g/mol. The van der Waals surface area contributed by atoms with Gasteiger partial charge in [-0.25, -0.2) is 4.79 Å². The first-order chi connectivity index (χ1) is 14.4. The van der Waals surface area contributed by atoms with Crippen LogP contribution in [-0.2, 0) is 30.0 Å². The highest BCUT2D eigenvalue weighted by Crippen LogP contribution is 2.44. The van der Waals surface area contributed by atoms with E-state index in [-0.39, 0.29) is 35.8 Å². The third kappa shape index (κ3) is 5.87. The van der Waals surface area contributed by atoms with Crippen molar-refractivity contribution in [1.82, 2.24) is 5.32 Å². The number of ether oxygens (including phenoxy) is 3. The first kappa shape index (κ1) is 24.0. The third-order valence-corrected chi connectivity index (χ3v) is 4.46. The molecule has 0 amide bonds. The number of hydrogen-bond donors (Lipinski definition) is 1. The highest BCUT2D eigenvalue weighted by atomic mass is 19.4. The van der Waals surface area contributed by atoms with Crippen LogP contribution in [-0.4, -0.2) is 31.1 Å². The van der Waals surface area contributed by atoms with E-state index in [2.05, 4.69) is 10.1 Å². The van der Waals surface area contributed by atoms with Crippen molar-refractivity contribution >= 4 is 17.9 Å². The lowest BCUT2D eigenvalue weighted by molar-refractivity contribution is -0.142. The Balaban J connectivity index is 2.45. The summed E-state index contributed by atoms with van der Waals surface area (Å²) < 4.78 is 55.7. The van der Waals surface area contributed by atoms with Crippen molar-refractivity contribution in [3.8, 4) is 0 Å². The van der Waals surface area contributed by atoms with Gasteiger partial charge in [0.25, 0.3) is 0 Å². The molecule has 1 heterocycles. The van der Waals surface area contributed by atoms with E-state index >= 15 is 0 Å². The zero-order valence-corrected chi connectivity index (χ0v) is 17.4. The van der Waals surface area contributed by atoms with E-state index in [9.17, 15) is 27.6 Å². The number of benzene rings is 1. The van der Waals surface area contributed by atoms with Crippen LogP contribution in [0.4, 0.5) is 18.0 Å². The van der Waals surface area contributed by atoms with Gasteiger partial charge in [0.2, 0.25) is 0 Å². The number of ketones is 1. The third-order valence-electron chi connectivity index (χ3n) is 4.46. The van der Waals surface area contributed by atoms with Gasteiger partial charge in [0, 0.05) is 18.2 Å². The molecule has 0 saturated heterocycles. The molecule has 0 saturated carbocycles. The van der Waals surface area contributed by atoms with E-state index < -0.39 is 35.6 Å². The van der Waals surface area contributed by atoms with Crippen molar-refractivity contribution in [3.05, 3.63) is 58.1 Å². The van der Waals surface area contributed by atoms with Crippen LogP contribution in [0.25, 0.3) is 0 Å². The quantitative estimate of drug-likeness (QED) is 0.523. The van der Waals surface area contributed by atoms with Crippen LogP contribution in [0.3, 0.4) is 0 Å². The number of carbonyl (C=O) groups excluding carboxylic acids is 3. The van der Waals surface area contributed by atoms with E-state index in [1.165, 1.54) is 39.0 Å². The smallest absolute Gasteiger partial charge is 0.462 e. The van der Waals surface area contributed by atoms with Gasteiger partial charge in [-0.1, -0.05) is 18.2 Å². The maximum Gasteiger partial charge on any atom is 0.513 e. The molecule has 0 fully saturated rings. The lowest BCUT2D eigenvalue weighted by Crippen LogP contribution is -2.30. The molecule has 0 spiro atoms. The molecule has 0 aromatic heterocycles. The van der Waals surface area contributed by atoms with Gasteiger partial charge in [-0.15, -0.1) is 0 Å². The minimum absolute atomic E-state index is 0.0324. The molecule has 1 unspecified atom stereocenters. The zero-order valence-electron chi connectivity index (χ0n) is 17.4. The molecule has 1 aliphatic heterocycles. The molecule has 2 rings (SSSR count). The number of esters is 1. The number of hydrogen-bond acceptors (Lipinski definition) is 7. The Kier molecular flexibility index (Phi) is 7.48. The second-order valence-electron chi connectivity index (χ2n) is 6.77. The van der Waals surface area contributed by atoms with Crippen LogP contribution in [0.2, 0.25) is 0 Å². The molecule has 168 valence electrons. The van der Waals surface area contributed by atoms with Crippen LogP contribution in [0.1, 0.15) is 44.7 Å². The summed E-state index contributed by atoms with van der Waals surface area (Å²) in [7, 11) is 0. The lowest BCUT2D eigenvalue weighted by Gasteiger charge is -2.31. The van der Waals surface area contributed by atoms with Crippen molar-refractivity contribution in [2.45, 2.75) is 39.8 Å². The number of rotatable bonds is 6. The molecule has 0 aliphatic carbocycles. The van der Waals surface area contributed by atoms with Crippen LogP contribution in [0.15, 0.2) is 47.0 Å². The van der Waals surface area contributed by atoms with E-state index in [4.69, 9.17) is 9.47 Å². The van der Waals surface area contributed by atoms with Crippen LogP contribution >= 0.6 is 0 Å². The first-order valence-electron chi connectivity index (χ1n) is 9.27. The second-order valence-corrected chi connectivity index (χ2v) is 6.77. The predicted molar refractivity (Wildman–Crippen MR) is 102 cm³/mol. The molecule has 0 bridgehead atoms. The fourth-order valence-electron chi connectivity index (χ4n) is 3.31. The summed E-state index contributed by atoms with van der Waals surface area (Å²) >= 11 is 0. The Labute approximate surface area is 176 Å². The topological polar surface area (TPSA) is 90.9 Å². The lowest BCUT2D eigenvalue weighted by atomic mass is 9.81. The predicted octanol–water partition coefficient (Wildman–Crippen LogP) is 4.20. The Morgan fingerprint density at radius 2 is 1.61 bits per heavy atom. The minimum Gasteiger partial charge on any atom is -0.462 e. The van der Waals surface area contributed by atoms with Gasteiger partial charge in [0.15, 0.2) is 5.78 Å². The van der Waals surface area contributed by atoms with E-state index in [0.717, 1.165) is 6.07 Å². The zero-order chi connectivity index (χ0) is 23.3. The van der Waals surface area contributed by atoms with Gasteiger partial charge in [0.1, 0.15) is 19.0 Å². The Hall–Kier alpha value is -3.30. The van der Waals surface area contributed by atoms with E-state index in [1.54, 1.807) is 6.92 Å². The second kappa shape index (κ2) is 9.67. The fraction of sp³-hybridized carbons (Fsp3) is 0.381. The van der Waals surface area contributed by atoms with Crippen molar-refractivity contribution in [2.75, 3.05) is 13.2 Å². The molecule has 1 aromatic rings. The van der Waals surface area contributed by atoms with Crippen molar-refractivity contribution < 1.29 is 41.8 Å². The van der Waals surface area contributed by atoms with Crippen LogP contribution in [0, 0.1) is 0 Å². The molecule has 0 radical (unpaired) electrons. The first-order valence-corrected chi connectivity index (χ1v) is 9.27. The highest BCUT2D eigenvalue weighted by molar-refractivity contribution is 5.97. The minimum atomic E-state index is -4.69. The molecular formula is C21H22F3NO6. The Morgan fingerprint density at radius 3 is 2.19 bits per heavy atom. The number of carbonyl (C=O) groups is 3. The van der Waals surface area contributed by atoms with Crippen LogP contribution < -0.4 is 5.32 Å². The summed E-state index contributed by atoms with van der Waals surface area (Å²) in [4.78, 5) is 35.2. The largest absolute Gasteiger partial charge is 0.513 e. The van der Waals surface area contributed by atoms with E-state index in [1.807, 2.05) is 0 Å². The molecule has 7 nitrogen and oxygen atoms in total. The van der Waals surface area contributed by atoms with Crippen LogP contribution in [0.5, 0.6) is 0 Å². The summed E-state index contributed by atoms with van der Waals surface area (Å²) in [5.74, 6) is -2.52. The Morgan fingerprint density at radius 1 is 1.00 bits per heavy atom. The molecule has 1 aliphatic rings. The normalized spacial score (nSPS) is 16.5. The van der Waals surface area contributed by atoms with Gasteiger partial charge in [-0.3, -0.25) is 9.59 Å². The maximum absolute atomic E-state index is 13.7. The Bertz CT molecular complexity index is 949. The number of nitrogens with one attached hydrogen (secondary N) is 1. The molecule has 1 atom stereocenters. The SMILES string of the molecule is CC(=O)OCCOC(=O)OC1=C(C)NC(C)=C(C(C)=O)C1c1ccccc1C(F)(F)F. The summed E-state index contributed by atoms with van der Waals surface area (Å²) in [6.07, 6.45) is -5.90. The highest BCUT2D eigenvalue weighted by Gasteiger charge is 2.41. The molecule has 10 heteroatoms. The monoisotopic (exact) mass is 441 g/mol. The average Bonchev–Trinajstić information content (AvgIpc) is 2.66. The van der Waals surface area contributed by atoms with Gasteiger partial charge >= 0.3 is 18.3 Å². The van der Waals surface area contributed by atoms with Crippen molar-refractivity contribution in [1.29, 1.82) is 0 Å². The van der Waals surface area contributed by atoms with Gasteiger partial charge in [-0.05, 0) is 32.4 Å². The number of alkyl halides is 3. The maximum atomic E-state index is 13.7. The molecule has 31 heavy (non-hydrogen) atoms. The molecular weight excluding hydrogens is 419 g/mol. The van der Waals surface area contributed by atoms with E-state index in [0.29, 0.717) is 5.70 Å². The molecule has 1 N–H and O–H groups in total. The number of dihydropyridines is 1. The van der Waals surface area contributed by atoms with Gasteiger partial charge in [0.05, 0.1) is 17.2 Å². The summed E-state index contributed by atoms with van der Waals surface area (Å²) in [5, 5.41) is 2.86. The number of halogens is 3. The fourth-order valence-corrected chi connectivity index (χ4v) is 3.31. The summed E-state index contributed by atoms with van der Waals surface area (Å²) in [6.45, 7) is 4.94. The van der Waals surface area contributed by atoms with Crippen molar-refractivity contribution in [3.63, 3.8) is 0 Å². The standard InChI is InChI=1S/C21H22F3NO6/c1-11-17(13(3)26)18(15-7-5-6-8-16(15)21(22,23)24)19(12(2)25-11)31-20(28)30-10-9-29-14(4)27/h5-8,18,25H,9-10H2,1-4H3. The van der Waals surface area contributed by atoms with Gasteiger partial charge in [-0.2, -0.15) is 13.2 Å². The number of allylic oxidation sites excluding steroid dienone is 3.